The predicted octanol–water partition coefficient (Wildman–Crippen LogP) is 3.77. The number of benzene rings is 2. The Bertz CT molecular complexity index is 878. The Kier molecular flexibility index (Phi) is 5.28. The predicted molar refractivity (Wildman–Crippen MR) is 104 cm³/mol. The van der Waals surface area contributed by atoms with Gasteiger partial charge < -0.3 is 14.5 Å². The van der Waals surface area contributed by atoms with Crippen molar-refractivity contribution < 1.29 is 18.8 Å². The number of para-hydroxylation sites is 1. The van der Waals surface area contributed by atoms with Crippen LogP contribution in [0.4, 0.5) is 4.39 Å². The summed E-state index contributed by atoms with van der Waals surface area (Å²) in [6.45, 7) is 0.897. The minimum absolute atomic E-state index is 0.108. The molecule has 0 saturated heterocycles. The van der Waals surface area contributed by atoms with E-state index >= 15 is 0 Å². The molecule has 6 heteroatoms. The van der Waals surface area contributed by atoms with Gasteiger partial charge in [-0.25, -0.2) is 4.39 Å². The summed E-state index contributed by atoms with van der Waals surface area (Å²) in [5.41, 5.74) is 2.63. The van der Waals surface area contributed by atoms with Gasteiger partial charge in [0.05, 0.1) is 19.4 Å². The van der Waals surface area contributed by atoms with Gasteiger partial charge in [0.2, 0.25) is 5.91 Å². The number of methoxy groups -OCH3 is 1. The maximum absolute atomic E-state index is 13.2. The van der Waals surface area contributed by atoms with Crippen LogP contribution in [0.3, 0.4) is 0 Å². The normalized spacial score (nSPS) is 18.4. The molecule has 5 nitrogen and oxygen atoms in total. The van der Waals surface area contributed by atoms with Gasteiger partial charge in [0.25, 0.3) is 0 Å². The zero-order valence-electron chi connectivity index (χ0n) is 15.8. The van der Waals surface area contributed by atoms with E-state index in [9.17, 15) is 9.18 Å². The van der Waals surface area contributed by atoms with E-state index in [0.29, 0.717) is 19.5 Å². The molecule has 28 heavy (non-hydrogen) atoms. The van der Waals surface area contributed by atoms with E-state index in [1.54, 1.807) is 19.2 Å². The topological polar surface area (TPSA) is 51.1 Å². The first-order valence-corrected chi connectivity index (χ1v) is 9.53. The summed E-state index contributed by atoms with van der Waals surface area (Å²) in [6, 6.07) is 14.0. The van der Waals surface area contributed by atoms with Crippen molar-refractivity contribution in [1.29, 1.82) is 0 Å². The van der Waals surface area contributed by atoms with Crippen LogP contribution in [-0.4, -0.2) is 36.3 Å². The number of hydrogen-bond acceptors (Lipinski definition) is 4. The monoisotopic (exact) mass is 382 g/mol. The van der Waals surface area contributed by atoms with Gasteiger partial charge in [-0.1, -0.05) is 29.4 Å². The number of nitrogens with zero attached hydrogens (tertiary/aromatic N) is 2. The summed E-state index contributed by atoms with van der Waals surface area (Å²) in [6.07, 6.45) is 2.28. The fraction of sp³-hybridized carbons (Fsp3) is 0.364. The third kappa shape index (κ3) is 4.16. The highest BCUT2D eigenvalue weighted by atomic mass is 19.1. The first-order chi connectivity index (χ1) is 13.6. The van der Waals surface area contributed by atoms with Gasteiger partial charge in [-0.2, -0.15) is 0 Å². The molecular formula is C22H23FN2O3. The van der Waals surface area contributed by atoms with Crippen molar-refractivity contribution in [2.75, 3.05) is 13.7 Å². The molecule has 1 aliphatic heterocycles. The lowest BCUT2D eigenvalue weighted by Crippen LogP contribution is -2.38. The van der Waals surface area contributed by atoms with E-state index in [0.717, 1.165) is 35.4 Å². The van der Waals surface area contributed by atoms with E-state index in [1.165, 1.54) is 12.1 Å². The van der Waals surface area contributed by atoms with Gasteiger partial charge in [0, 0.05) is 24.4 Å². The molecule has 0 N–H and O–H groups in total. The van der Waals surface area contributed by atoms with Crippen molar-refractivity contribution in [3.05, 3.63) is 65.5 Å². The summed E-state index contributed by atoms with van der Waals surface area (Å²) < 4.78 is 18.6. The number of carbonyl (C=O) groups excluding carboxylic acids is 1. The number of hydrogen-bond donors (Lipinski definition) is 0. The Balaban J connectivity index is 1.44. The molecule has 1 aliphatic carbocycles. The van der Waals surface area contributed by atoms with Crippen LogP contribution in [0.1, 0.15) is 30.4 Å². The molecule has 2 aromatic carbocycles. The molecule has 146 valence electrons. The summed E-state index contributed by atoms with van der Waals surface area (Å²) in [7, 11) is 1.63. The second-order valence-corrected chi connectivity index (χ2v) is 7.29. The quantitative estimate of drug-likeness (QED) is 0.733. The highest BCUT2D eigenvalue weighted by molar-refractivity contribution is 6.03. The Morgan fingerprint density at radius 1 is 1.21 bits per heavy atom. The number of oxime groups is 1. The Hall–Kier alpha value is -2.89. The number of ether oxygens (including phenoxy) is 1. The smallest absolute Gasteiger partial charge is 0.226 e. The van der Waals surface area contributed by atoms with Crippen LogP contribution >= 0.6 is 0 Å². The molecule has 0 spiro atoms. The SMILES string of the molecule is COc1ccccc1C1=NOC(CN(Cc2ccc(F)cc2)C(=O)C2CC2)C1. The zero-order chi connectivity index (χ0) is 19.5. The van der Waals surface area contributed by atoms with Gasteiger partial charge >= 0.3 is 0 Å². The third-order valence-electron chi connectivity index (χ3n) is 5.10. The number of halogens is 1. The van der Waals surface area contributed by atoms with E-state index in [1.807, 2.05) is 29.2 Å². The van der Waals surface area contributed by atoms with Crippen LogP contribution in [0.25, 0.3) is 0 Å². The Labute approximate surface area is 163 Å². The minimum Gasteiger partial charge on any atom is -0.496 e. The highest BCUT2D eigenvalue weighted by Crippen LogP contribution is 2.32. The van der Waals surface area contributed by atoms with Crippen LogP contribution < -0.4 is 4.74 Å². The molecule has 1 atom stereocenters. The van der Waals surface area contributed by atoms with Crippen molar-refractivity contribution >= 4 is 11.6 Å². The van der Waals surface area contributed by atoms with Crippen molar-refractivity contribution in [1.82, 2.24) is 4.90 Å². The Morgan fingerprint density at radius 3 is 2.68 bits per heavy atom. The molecule has 0 aromatic heterocycles. The van der Waals surface area contributed by atoms with Gasteiger partial charge in [-0.15, -0.1) is 0 Å². The van der Waals surface area contributed by atoms with Gasteiger partial charge in [0.1, 0.15) is 11.6 Å². The van der Waals surface area contributed by atoms with Crippen molar-refractivity contribution in [3.8, 4) is 5.75 Å². The molecule has 1 amide bonds. The second kappa shape index (κ2) is 8.00. The standard InChI is InChI=1S/C22H23FN2O3/c1-27-21-5-3-2-4-19(21)20-12-18(28-24-20)14-25(22(26)16-8-9-16)13-15-6-10-17(23)11-7-15/h2-7,10-11,16,18H,8-9,12-14H2,1H3. The average Bonchev–Trinajstić information content (AvgIpc) is 3.47. The lowest BCUT2D eigenvalue weighted by atomic mass is 10.0. The van der Waals surface area contributed by atoms with Crippen molar-refractivity contribution in [3.63, 3.8) is 0 Å². The second-order valence-electron chi connectivity index (χ2n) is 7.29. The van der Waals surface area contributed by atoms with E-state index in [-0.39, 0.29) is 23.7 Å². The van der Waals surface area contributed by atoms with E-state index in [2.05, 4.69) is 5.16 Å². The minimum atomic E-state index is -0.280. The van der Waals surface area contributed by atoms with Crippen molar-refractivity contribution in [2.24, 2.45) is 11.1 Å². The molecule has 1 fully saturated rings. The largest absolute Gasteiger partial charge is 0.496 e. The van der Waals surface area contributed by atoms with Gasteiger partial charge in [-0.05, 0) is 42.7 Å². The molecule has 1 heterocycles. The van der Waals surface area contributed by atoms with Crippen LogP contribution in [0, 0.1) is 11.7 Å². The number of amides is 1. The molecule has 2 aromatic rings. The fourth-order valence-electron chi connectivity index (χ4n) is 3.45. The van der Waals surface area contributed by atoms with E-state index < -0.39 is 0 Å². The molecular weight excluding hydrogens is 359 g/mol. The maximum atomic E-state index is 13.2. The lowest BCUT2D eigenvalue weighted by Gasteiger charge is -2.25. The average molecular weight is 382 g/mol. The Morgan fingerprint density at radius 2 is 1.96 bits per heavy atom. The molecule has 1 saturated carbocycles. The first-order valence-electron chi connectivity index (χ1n) is 9.53. The number of carbonyl (C=O) groups is 1. The lowest BCUT2D eigenvalue weighted by molar-refractivity contribution is -0.135. The van der Waals surface area contributed by atoms with E-state index in [4.69, 9.17) is 9.57 Å². The fourth-order valence-corrected chi connectivity index (χ4v) is 3.45. The molecule has 2 aliphatic rings. The maximum Gasteiger partial charge on any atom is 0.226 e. The summed E-state index contributed by atoms with van der Waals surface area (Å²) in [4.78, 5) is 20.2. The van der Waals surface area contributed by atoms with Gasteiger partial charge in [0.15, 0.2) is 6.10 Å². The molecule has 1 unspecified atom stereocenters. The summed E-state index contributed by atoms with van der Waals surface area (Å²) in [5.74, 6) is 0.718. The first kappa shape index (κ1) is 18.5. The van der Waals surface area contributed by atoms with Crippen LogP contribution in [0.5, 0.6) is 5.75 Å². The van der Waals surface area contributed by atoms with Gasteiger partial charge in [-0.3, -0.25) is 4.79 Å². The zero-order valence-corrected chi connectivity index (χ0v) is 15.8. The van der Waals surface area contributed by atoms with Crippen LogP contribution in [-0.2, 0) is 16.2 Å². The number of rotatable bonds is 7. The summed E-state index contributed by atoms with van der Waals surface area (Å²) in [5, 5.41) is 4.24. The third-order valence-corrected chi connectivity index (χ3v) is 5.10. The van der Waals surface area contributed by atoms with Crippen LogP contribution in [0.2, 0.25) is 0 Å². The molecule has 0 radical (unpaired) electrons. The van der Waals surface area contributed by atoms with Crippen LogP contribution in [0.15, 0.2) is 53.7 Å². The molecule has 4 rings (SSSR count). The summed E-state index contributed by atoms with van der Waals surface area (Å²) >= 11 is 0. The molecule has 0 bridgehead atoms. The highest BCUT2D eigenvalue weighted by Gasteiger charge is 2.36. The van der Waals surface area contributed by atoms with Crippen molar-refractivity contribution in [2.45, 2.75) is 31.9 Å².